The van der Waals surface area contributed by atoms with E-state index in [-0.39, 0.29) is 5.41 Å². The van der Waals surface area contributed by atoms with E-state index < -0.39 is 0 Å². The molecule has 1 aliphatic carbocycles. The van der Waals surface area contributed by atoms with Crippen LogP contribution in [0.25, 0.3) is 0 Å². The van der Waals surface area contributed by atoms with E-state index in [0.717, 1.165) is 17.3 Å². The topological polar surface area (TPSA) is 47.0 Å². The third-order valence-electron chi connectivity index (χ3n) is 3.47. The Morgan fingerprint density at radius 1 is 1.29 bits per heavy atom. The summed E-state index contributed by atoms with van der Waals surface area (Å²) in [5, 5.41) is 13.3. The van der Waals surface area contributed by atoms with Crippen molar-refractivity contribution in [2.75, 3.05) is 0 Å². The van der Waals surface area contributed by atoms with Crippen molar-refractivity contribution in [1.82, 2.24) is 15.5 Å². The molecule has 1 N–H and O–H groups in total. The zero-order valence-corrected chi connectivity index (χ0v) is 13.5. The fourth-order valence-corrected chi connectivity index (χ4v) is 2.66. The van der Waals surface area contributed by atoms with Gasteiger partial charge in [0.15, 0.2) is 0 Å². The molecule has 3 rings (SSSR count). The van der Waals surface area contributed by atoms with Crippen LogP contribution < -0.4 is 10.1 Å². The summed E-state index contributed by atoms with van der Waals surface area (Å²) in [6.45, 7) is 7.36. The van der Waals surface area contributed by atoms with Gasteiger partial charge >= 0.3 is 0 Å². The second kappa shape index (κ2) is 5.73. The molecule has 1 fully saturated rings. The molecule has 1 heterocycles. The fourth-order valence-electron chi connectivity index (χ4n) is 2.00. The Morgan fingerprint density at radius 2 is 2.10 bits per heavy atom. The molecule has 1 aliphatic rings. The summed E-state index contributed by atoms with van der Waals surface area (Å²) in [5.41, 5.74) is 1.36. The summed E-state index contributed by atoms with van der Waals surface area (Å²) in [7, 11) is 0. The molecule has 21 heavy (non-hydrogen) atoms. The summed E-state index contributed by atoms with van der Waals surface area (Å²) in [5.74, 6) is 0.820. The molecule has 0 spiro atoms. The van der Waals surface area contributed by atoms with Gasteiger partial charge in [0.1, 0.15) is 10.8 Å². The number of nitrogens with one attached hydrogen (secondary N) is 1. The number of rotatable bonds is 5. The molecule has 0 saturated heterocycles. The lowest BCUT2D eigenvalue weighted by molar-refractivity contribution is 0.469. The number of benzene rings is 1. The van der Waals surface area contributed by atoms with Gasteiger partial charge in [-0.15, -0.1) is 5.10 Å². The summed E-state index contributed by atoms with van der Waals surface area (Å²) in [6.07, 6.45) is 2.56. The average Bonchev–Trinajstić information content (AvgIpc) is 3.16. The van der Waals surface area contributed by atoms with E-state index in [4.69, 9.17) is 4.74 Å². The first-order chi connectivity index (χ1) is 10.0. The molecule has 112 valence electrons. The molecule has 0 atom stereocenters. The second-order valence-electron chi connectivity index (χ2n) is 6.50. The summed E-state index contributed by atoms with van der Waals surface area (Å²) >= 11 is 1.50. The normalized spacial score (nSPS) is 15.2. The highest BCUT2D eigenvalue weighted by Gasteiger charge is 2.21. The first kappa shape index (κ1) is 14.5. The minimum Gasteiger partial charge on any atom is -0.430 e. The predicted molar refractivity (Wildman–Crippen MR) is 85.0 cm³/mol. The van der Waals surface area contributed by atoms with Crippen molar-refractivity contribution in [2.45, 2.75) is 51.6 Å². The smallest absolute Gasteiger partial charge is 0.299 e. The van der Waals surface area contributed by atoms with Crippen LogP contribution in [0.2, 0.25) is 0 Å². The number of nitrogens with zero attached hydrogens (tertiary/aromatic N) is 2. The SMILES string of the molecule is CC(C)(C)c1cccc(Oc2nnc(CNC3CC3)s2)c1. The standard InChI is InChI=1S/C16H21N3OS/c1-16(2,3)11-5-4-6-13(9-11)20-15-19-18-14(21-15)10-17-12-7-8-12/h4-6,9,12,17H,7-8,10H2,1-3H3. The van der Waals surface area contributed by atoms with Gasteiger partial charge in [-0.05, 0) is 36.0 Å². The Kier molecular flexibility index (Phi) is 3.95. The molecular weight excluding hydrogens is 282 g/mol. The lowest BCUT2D eigenvalue weighted by Gasteiger charge is -2.19. The Bertz CT molecular complexity index is 614. The first-order valence-electron chi connectivity index (χ1n) is 7.35. The van der Waals surface area contributed by atoms with Gasteiger partial charge in [-0.2, -0.15) is 0 Å². The molecular formula is C16H21N3OS. The van der Waals surface area contributed by atoms with Crippen molar-refractivity contribution < 1.29 is 4.74 Å². The zero-order chi connectivity index (χ0) is 14.9. The Morgan fingerprint density at radius 3 is 2.81 bits per heavy atom. The van der Waals surface area contributed by atoms with Crippen LogP contribution >= 0.6 is 11.3 Å². The molecule has 2 aromatic rings. The van der Waals surface area contributed by atoms with Crippen molar-refractivity contribution in [3.05, 3.63) is 34.8 Å². The van der Waals surface area contributed by atoms with Crippen LogP contribution in [0.15, 0.2) is 24.3 Å². The number of hydrogen-bond donors (Lipinski definition) is 1. The van der Waals surface area contributed by atoms with Gasteiger partial charge in [-0.3, -0.25) is 0 Å². The summed E-state index contributed by atoms with van der Waals surface area (Å²) in [6, 6.07) is 8.86. The van der Waals surface area contributed by atoms with Gasteiger partial charge in [-0.1, -0.05) is 49.3 Å². The van der Waals surface area contributed by atoms with Gasteiger partial charge in [0.2, 0.25) is 0 Å². The largest absolute Gasteiger partial charge is 0.430 e. The van der Waals surface area contributed by atoms with Crippen LogP contribution in [0, 0.1) is 0 Å². The minimum absolute atomic E-state index is 0.111. The van der Waals surface area contributed by atoms with E-state index in [0.29, 0.717) is 11.2 Å². The highest BCUT2D eigenvalue weighted by molar-refractivity contribution is 7.13. The summed E-state index contributed by atoms with van der Waals surface area (Å²) in [4.78, 5) is 0. The van der Waals surface area contributed by atoms with E-state index >= 15 is 0 Å². The van der Waals surface area contributed by atoms with Gasteiger partial charge in [0, 0.05) is 6.04 Å². The first-order valence-corrected chi connectivity index (χ1v) is 8.16. The van der Waals surface area contributed by atoms with Crippen LogP contribution in [0.1, 0.15) is 44.2 Å². The molecule has 0 amide bonds. The second-order valence-corrected chi connectivity index (χ2v) is 7.52. The summed E-state index contributed by atoms with van der Waals surface area (Å²) < 4.78 is 5.83. The quantitative estimate of drug-likeness (QED) is 0.910. The molecule has 0 bridgehead atoms. The maximum absolute atomic E-state index is 5.83. The van der Waals surface area contributed by atoms with Crippen molar-refractivity contribution in [3.8, 4) is 10.9 Å². The Labute approximate surface area is 129 Å². The van der Waals surface area contributed by atoms with E-state index in [1.807, 2.05) is 12.1 Å². The highest BCUT2D eigenvalue weighted by Crippen LogP contribution is 2.30. The monoisotopic (exact) mass is 303 g/mol. The molecule has 1 saturated carbocycles. The van der Waals surface area contributed by atoms with Gasteiger partial charge in [0.25, 0.3) is 5.19 Å². The van der Waals surface area contributed by atoms with E-state index in [1.54, 1.807) is 0 Å². The molecule has 0 radical (unpaired) electrons. The molecule has 4 nitrogen and oxygen atoms in total. The zero-order valence-electron chi connectivity index (χ0n) is 12.7. The number of ether oxygens (including phenoxy) is 1. The van der Waals surface area contributed by atoms with Gasteiger partial charge in [-0.25, -0.2) is 0 Å². The third-order valence-corrected chi connectivity index (χ3v) is 4.27. The lowest BCUT2D eigenvalue weighted by atomic mass is 9.87. The maximum atomic E-state index is 5.83. The Hall–Kier alpha value is -1.46. The van der Waals surface area contributed by atoms with Crippen molar-refractivity contribution in [3.63, 3.8) is 0 Å². The van der Waals surface area contributed by atoms with Crippen LogP contribution in [-0.4, -0.2) is 16.2 Å². The Balaban J connectivity index is 1.65. The van der Waals surface area contributed by atoms with Crippen LogP contribution in [0.4, 0.5) is 0 Å². The predicted octanol–water partition coefficient (Wildman–Crippen LogP) is 3.88. The van der Waals surface area contributed by atoms with E-state index in [2.05, 4.69) is 48.4 Å². The third kappa shape index (κ3) is 4.02. The fraction of sp³-hybridized carbons (Fsp3) is 0.500. The molecule has 0 unspecified atom stereocenters. The number of aromatic nitrogens is 2. The number of hydrogen-bond acceptors (Lipinski definition) is 5. The van der Waals surface area contributed by atoms with Crippen molar-refractivity contribution >= 4 is 11.3 Å². The lowest BCUT2D eigenvalue weighted by Crippen LogP contribution is -2.14. The van der Waals surface area contributed by atoms with Gasteiger partial charge in [0.05, 0.1) is 6.54 Å². The van der Waals surface area contributed by atoms with Crippen molar-refractivity contribution in [1.29, 1.82) is 0 Å². The average molecular weight is 303 g/mol. The van der Waals surface area contributed by atoms with Crippen LogP contribution in [-0.2, 0) is 12.0 Å². The molecule has 5 heteroatoms. The van der Waals surface area contributed by atoms with E-state index in [1.165, 1.54) is 29.7 Å². The van der Waals surface area contributed by atoms with Crippen LogP contribution in [0.3, 0.4) is 0 Å². The molecule has 0 aliphatic heterocycles. The molecule has 1 aromatic carbocycles. The van der Waals surface area contributed by atoms with Crippen LogP contribution in [0.5, 0.6) is 10.9 Å². The highest BCUT2D eigenvalue weighted by atomic mass is 32.1. The minimum atomic E-state index is 0.111. The maximum Gasteiger partial charge on any atom is 0.299 e. The van der Waals surface area contributed by atoms with Gasteiger partial charge < -0.3 is 10.1 Å². The van der Waals surface area contributed by atoms with Crippen molar-refractivity contribution in [2.24, 2.45) is 0 Å². The van der Waals surface area contributed by atoms with E-state index in [9.17, 15) is 0 Å². The molecule has 1 aromatic heterocycles.